The Morgan fingerprint density at radius 3 is 2.07 bits per heavy atom. The van der Waals surface area contributed by atoms with Crippen LogP contribution in [0.15, 0.2) is 68.6 Å². The lowest BCUT2D eigenvalue weighted by Gasteiger charge is -2.12. The standard InChI is InChI=1S/C16H13N3O7S2/c17-15-14-9(6-11(8-12(14)20)27(21,22)23)7-13(28(24,25)26)16(15)19-18-10-4-2-1-3-5-10/h1-8,20H,17H2,(H,21,22,23)(H,24,25,26). The van der Waals surface area contributed by atoms with E-state index in [0.29, 0.717) is 5.69 Å². The highest BCUT2D eigenvalue weighted by atomic mass is 32.2. The maximum Gasteiger partial charge on any atom is 0.296 e. The fourth-order valence-electron chi connectivity index (χ4n) is 2.54. The van der Waals surface area contributed by atoms with E-state index in [9.17, 15) is 26.5 Å². The van der Waals surface area contributed by atoms with Gasteiger partial charge in [0.15, 0.2) is 0 Å². The van der Waals surface area contributed by atoms with E-state index in [-0.39, 0.29) is 16.5 Å². The van der Waals surface area contributed by atoms with Crippen molar-refractivity contribution in [1.82, 2.24) is 0 Å². The minimum absolute atomic E-state index is 0.123. The van der Waals surface area contributed by atoms with Gasteiger partial charge in [-0.2, -0.15) is 21.9 Å². The molecule has 0 atom stereocenters. The van der Waals surface area contributed by atoms with Crippen LogP contribution in [0.2, 0.25) is 0 Å². The Morgan fingerprint density at radius 2 is 1.50 bits per heavy atom. The summed E-state index contributed by atoms with van der Waals surface area (Å²) < 4.78 is 65.0. The van der Waals surface area contributed by atoms with Gasteiger partial charge in [0.25, 0.3) is 20.2 Å². The number of nitrogen functional groups attached to an aromatic ring is 1. The summed E-state index contributed by atoms with van der Waals surface area (Å²) in [6, 6.07) is 10.8. The second-order valence-corrected chi connectivity index (χ2v) is 8.47. The zero-order valence-electron chi connectivity index (χ0n) is 13.9. The lowest BCUT2D eigenvalue weighted by molar-refractivity contribution is 0.471. The van der Waals surface area contributed by atoms with Gasteiger partial charge in [0.2, 0.25) is 0 Å². The molecule has 5 N–H and O–H groups in total. The number of anilines is 1. The van der Waals surface area contributed by atoms with Gasteiger partial charge in [-0.25, -0.2) is 0 Å². The van der Waals surface area contributed by atoms with Gasteiger partial charge in [0.05, 0.1) is 16.3 Å². The molecular formula is C16H13N3O7S2. The molecule has 0 saturated carbocycles. The maximum absolute atomic E-state index is 11.8. The molecule has 3 aromatic rings. The Kier molecular flexibility index (Phi) is 4.81. The van der Waals surface area contributed by atoms with Crippen molar-refractivity contribution in [3.63, 3.8) is 0 Å². The molecule has 3 rings (SSSR count). The summed E-state index contributed by atoms with van der Waals surface area (Å²) in [5.41, 5.74) is 5.52. The number of fused-ring (bicyclic) bond motifs is 1. The second-order valence-electron chi connectivity index (χ2n) is 5.66. The van der Waals surface area contributed by atoms with E-state index >= 15 is 0 Å². The third-order valence-electron chi connectivity index (χ3n) is 3.76. The molecule has 0 aliphatic carbocycles. The number of hydrogen-bond donors (Lipinski definition) is 4. The fourth-order valence-corrected chi connectivity index (χ4v) is 3.75. The molecule has 0 unspecified atom stereocenters. The molecule has 10 nitrogen and oxygen atoms in total. The molecule has 0 fully saturated rings. The van der Waals surface area contributed by atoms with Crippen LogP contribution >= 0.6 is 0 Å². The Hall–Kier alpha value is -3.06. The number of nitrogens with zero attached hydrogens (tertiary/aromatic N) is 2. The highest BCUT2D eigenvalue weighted by Crippen LogP contribution is 2.42. The predicted molar refractivity (Wildman–Crippen MR) is 100 cm³/mol. The zero-order chi connectivity index (χ0) is 20.7. The number of rotatable bonds is 4. The van der Waals surface area contributed by atoms with E-state index in [1.807, 2.05) is 0 Å². The van der Waals surface area contributed by atoms with E-state index in [0.717, 1.165) is 18.2 Å². The third kappa shape index (κ3) is 3.80. The molecule has 0 saturated heterocycles. The van der Waals surface area contributed by atoms with Gasteiger partial charge in [-0.1, -0.05) is 18.2 Å². The number of nitrogens with two attached hydrogens (primary N) is 1. The van der Waals surface area contributed by atoms with E-state index in [4.69, 9.17) is 10.3 Å². The number of phenols is 1. The molecule has 12 heteroatoms. The van der Waals surface area contributed by atoms with Crippen LogP contribution in [0.3, 0.4) is 0 Å². The van der Waals surface area contributed by atoms with Crippen LogP contribution in [0.25, 0.3) is 10.8 Å². The minimum Gasteiger partial charge on any atom is -0.507 e. The number of phenolic OH excluding ortho intramolecular Hbond substituents is 1. The first-order valence-electron chi connectivity index (χ1n) is 7.49. The second kappa shape index (κ2) is 6.83. The van der Waals surface area contributed by atoms with Gasteiger partial charge in [0.1, 0.15) is 16.3 Å². The first-order valence-corrected chi connectivity index (χ1v) is 10.4. The number of aromatic hydroxyl groups is 1. The lowest BCUT2D eigenvalue weighted by atomic mass is 10.1. The lowest BCUT2D eigenvalue weighted by Crippen LogP contribution is -2.03. The molecule has 3 aromatic carbocycles. The highest BCUT2D eigenvalue weighted by molar-refractivity contribution is 7.86. The first kappa shape index (κ1) is 19.7. The quantitative estimate of drug-likeness (QED) is 0.281. The summed E-state index contributed by atoms with van der Waals surface area (Å²) in [7, 11) is -9.53. The molecule has 146 valence electrons. The Morgan fingerprint density at radius 1 is 0.857 bits per heavy atom. The molecule has 0 aliphatic heterocycles. The molecule has 28 heavy (non-hydrogen) atoms. The molecule has 0 aromatic heterocycles. The van der Waals surface area contributed by atoms with Crippen molar-refractivity contribution < 1.29 is 31.0 Å². The Bertz CT molecular complexity index is 1320. The van der Waals surface area contributed by atoms with Crippen molar-refractivity contribution >= 4 is 48.1 Å². The number of hydrogen-bond acceptors (Lipinski definition) is 8. The molecule has 0 radical (unpaired) electrons. The van der Waals surface area contributed by atoms with Crippen LogP contribution in [-0.4, -0.2) is 31.0 Å². The van der Waals surface area contributed by atoms with E-state index in [2.05, 4.69) is 10.2 Å². The van der Waals surface area contributed by atoms with Crippen LogP contribution in [0.5, 0.6) is 5.75 Å². The van der Waals surface area contributed by atoms with E-state index in [1.54, 1.807) is 30.3 Å². The van der Waals surface area contributed by atoms with Gasteiger partial charge >= 0.3 is 0 Å². The molecule has 0 spiro atoms. The summed E-state index contributed by atoms with van der Waals surface area (Å²) in [6.07, 6.45) is 0. The van der Waals surface area contributed by atoms with Crippen molar-refractivity contribution in [3.05, 3.63) is 48.5 Å². The van der Waals surface area contributed by atoms with Crippen molar-refractivity contribution in [2.45, 2.75) is 9.79 Å². The van der Waals surface area contributed by atoms with Crippen LogP contribution in [0.1, 0.15) is 0 Å². The molecular weight excluding hydrogens is 410 g/mol. The highest BCUT2D eigenvalue weighted by Gasteiger charge is 2.24. The summed E-state index contributed by atoms with van der Waals surface area (Å²) in [6.45, 7) is 0. The van der Waals surface area contributed by atoms with Crippen molar-refractivity contribution in [3.8, 4) is 5.75 Å². The largest absolute Gasteiger partial charge is 0.507 e. The van der Waals surface area contributed by atoms with Crippen molar-refractivity contribution in [2.24, 2.45) is 10.2 Å². The third-order valence-corrected chi connectivity index (χ3v) is 5.46. The molecule has 0 heterocycles. The van der Waals surface area contributed by atoms with Gasteiger partial charge in [0, 0.05) is 11.5 Å². The Balaban J connectivity index is 2.36. The smallest absolute Gasteiger partial charge is 0.296 e. The summed E-state index contributed by atoms with van der Waals surface area (Å²) in [5, 5.41) is 17.5. The SMILES string of the molecule is Nc1c(N=Nc2ccccc2)c(S(=O)(=O)O)cc2cc(S(=O)(=O)O)cc(O)c12. The summed E-state index contributed by atoms with van der Waals surface area (Å²) in [4.78, 5) is -1.43. The first-order chi connectivity index (χ1) is 13.0. The summed E-state index contributed by atoms with van der Waals surface area (Å²) in [5.74, 6) is -0.638. The van der Waals surface area contributed by atoms with Gasteiger partial charge in [-0.15, -0.1) is 5.11 Å². The van der Waals surface area contributed by atoms with Gasteiger partial charge in [-0.3, -0.25) is 9.11 Å². The van der Waals surface area contributed by atoms with E-state index < -0.39 is 41.5 Å². The summed E-state index contributed by atoms with van der Waals surface area (Å²) >= 11 is 0. The van der Waals surface area contributed by atoms with Crippen molar-refractivity contribution in [1.29, 1.82) is 0 Å². The zero-order valence-corrected chi connectivity index (χ0v) is 15.5. The minimum atomic E-state index is -4.84. The maximum atomic E-state index is 11.8. The average Bonchev–Trinajstić information content (AvgIpc) is 2.59. The normalized spacial score (nSPS) is 12.6. The topological polar surface area (TPSA) is 180 Å². The van der Waals surface area contributed by atoms with Crippen LogP contribution in [-0.2, 0) is 20.2 Å². The van der Waals surface area contributed by atoms with Crippen LogP contribution in [0, 0.1) is 0 Å². The molecule has 0 bridgehead atoms. The predicted octanol–water partition coefficient (Wildman–Crippen LogP) is 3.04. The average molecular weight is 423 g/mol. The molecule has 0 aliphatic rings. The fraction of sp³-hybridized carbons (Fsp3) is 0. The van der Waals surface area contributed by atoms with Crippen LogP contribution in [0.4, 0.5) is 17.1 Å². The van der Waals surface area contributed by atoms with Crippen LogP contribution < -0.4 is 5.73 Å². The number of azo groups is 1. The number of benzene rings is 3. The van der Waals surface area contributed by atoms with Gasteiger partial charge < -0.3 is 10.8 Å². The monoisotopic (exact) mass is 423 g/mol. The Labute approximate surface area is 159 Å². The van der Waals surface area contributed by atoms with E-state index in [1.165, 1.54) is 0 Å². The van der Waals surface area contributed by atoms with Gasteiger partial charge in [-0.05, 0) is 29.7 Å². The molecule has 0 amide bonds. The van der Waals surface area contributed by atoms with Crippen molar-refractivity contribution in [2.75, 3.05) is 5.73 Å².